The molecule has 80 valence electrons. The molecule has 0 aliphatic carbocycles. The zero-order valence-electron chi connectivity index (χ0n) is 5.52. The van der Waals surface area contributed by atoms with Crippen LogP contribution in [0.4, 0.5) is 26.3 Å². The molecule has 0 aliphatic heterocycles. The molecule has 0 aromatic carbocycles. The van der Waals surface area contributed by atoms with Gasteiger partial charge in [0.2, 0.25) is 0 Å². The molecule has 0 bridgehead atoms. The number of alkyl halides is 6. The molecule has 0 unspecified atom stereocenters. The van der Waals surface area contributed by atoms with Crippen LogP contribution in [0, 0.1) is 0 Å². The summed E-state index contributed by atoms with van der Waals surface area (Å²) in [5.41, 5.74) is 0. The van der Waals surface area contributed by atoms with E-state index in [0.717, 1.165) is 0 Å². The van der Waals surface area contributed by atoms with Gasteiger partial charge in [0.05, 0.1) is 0 Å². The first kappa shape index (κ1) is 12.5. The average Bonchev–Trinajstić information content (AvgIpc) is 1.44. The van der Waals surface area contributed by atoms with Gasteiger partial charge in [-0.25, -0.2) is 0 Å². The molecule has 0 saturated carbocycles. The highest BCUT2D eigenvalue weighted by atomic mass is 32.2. The summed E-state index contributed by atoms with van der Waals surface area (Å²) in [5, 5.41) is -4.74. The normalized spacial score (nSPS) is 15.1. The zero-order chi connectivity index (χ0) is 11.1. The summed E-state index contributed by atoms with van der Waals surface area (Å²) in [6.45, 7) is 0. The van der Waals surface area contributed by atoms with Crippen LogP contribution in [0.3, 0.4) is 0 Å². The van der Waals surface area contributed by atoms with Crippen molar-refractivity contribution in [2.45, 2.75) is 17.6 Å². The van der Waals surface area contributed by atoms with Crippen LogP contribution >= 0.6 is 0 Å². The summed E-state index contributed by atoms with van der Waals surface area (Å²) in [6, 6.07) is 0. The van der Waals surface area contributed by atoms with Crippen molar-refractivity contribution in [3.63, 3.8) is 0 Å². The number of halogens is 6. The average molecular weight is 232 g/mol. The molecule has 0 radical (unpaired) electrons. The van der Waals surface area contributed by atoms with E-state index >= 15 is 0 Å². The minimum atomic E-state index is -6.23. The van der Waals surface area contributed by atoms with Gasteiger partial charge < -0.3 is 0 Å². The van der Waals surface area contributed by atoms with Crippen LogP contribution in [-0.4, -0.2) is 30.6 Å². The van der Waals surface area contributed by atoms with Gasteiger partial charge in [-0.3, -0.25) is 4.55 Å². The van der Waals surface area contributed by atoms with E-state index in [-0.39, 0.29) is 0 Å². The van der Waals surface area contributed by atoms with Crippen LogP contribution < -0.4 is 0 Å². The Kier molecular flexibility index (Phi) is 2.89. The summed E-state index contributed by atoms with van der Waals surface area (Å²) in [7, 11) is -6.23. The van der Waals surface area contributed by atoms with Gasteiger partial charge in [0.15, 0.2) is 0 Å². The van der Waals surface area contributed by atoms with E-state index in [1.54, 1.807) is 0 Å². The van der Waals surface area contributed by atoms with Crippen molar-refractivity contribution in [1.29, 1.82) is 0 Å². The van der Waals surface area contributed by atoms with E-state index < -0.39 is 27.7 Å². The lowest BCUT2D eigenvalue weighted by molar-refractivity contribution is -0.227. The van der Waals surface area contributed by atoms with E-state index in [0.29, 0.717) is 0 Å². The van der Waals surface area contributed by atoms with Crippen LogP contribution in [-0.2, 0) is 10.1 Å². The van der Waals surface area contributed by atoms with E-state index in [1.807, 2.05) is 0 Å². The molecule has 0 heterocycles. The number of hydrogen-bond donors (Lipinski definition) is 1. The summed E-state index contributed by atoms with van der Waals surface area (Å²) in [6.07, 6.45) is -12.2. The molecule has 0 amide bonds. The maximum Gasteiger partial charge on any atom is 0.416 e. The van der Waals surface area contributed by atoms with E-state index in [1.165, 1.54) is 0 Å². The molecular weight excluding hydrogens is 230 g/mol. The Morgan fingerprint density at radius 3 is 1.15 bits per heavy atom. The van der Waals surface area contributed by atoms with Gasteiger partial charge in [0.25, 0.3) is 15.4 Å². The lowest BCUT2D eigenvalue weighted by Gasteiger charge is -2.19. The van der Waals surface area contributed by atoms with Gasteiger partial charge in [0.1, 0.15) is 0 Å². The number of hydrogen-bond acceptors (Lipinski definition) is 2. The molecule has 3 nitrogen and oxygen atoms in total. The lowest BCUT2D eigenvalue weighted by Crippen LogP contribution is -2.47. The Hall–Kier alpha value is -0.510. The first-order chi connectivity index (χ1) is 5.37. The van der Waals surface area contributed by atoms with Gasteiger partial charge in [-0.15, -0.1) is 0 Å². The molecule has 0 fully saturated rings. The standard InChI is InChI=1S/C3H2F6O3S/c4-2(5,6)1(3(7,8)9)13(10,11)12/h1H,(H,10,11,12). The first-order valence-corrected chi connectivity index (χ1v) is 3.97. The Balaban J connectivity index is 5.28. The number of rotatable bonds is 1. The third-order valence-corrected chi connectivity index (χ3v) is 2.02. The van der Waals surface area contributed by atoms with Crippen LogP contribution in [0.1, 0.15) is 0 Å². The highest BCUT2D eigenvalue weighted by Crippen LogP contribution is 2.37. The van der Waals surface area contributed by atoms with Crippen LogP contribution in [0.5, 0.6) is 0 Å². The van der Waals surface area contributed by atoms with Crippen molar-refractivity contribution in [3.8, 4) is 0 Å². The second-order valence-corrected chi connectivity index (χ2v) is 3.48. The highest BCUT2D eigenvalue weighted by Gasteiger charge is 2.64. The maximum absolute atomic E-state index is 11.5. The third-order valence-electron chi connectivity index (χ3n) is 0.892. The SMILES string of the molecule is O=S(=O)(O)C(C(F)(F)F)C(F)(F)F. The van der Waals surface area contributed by atoms with Crippen molar-refractivity contribution < 1.29 is 39.3 Å². The Labute approximate surface area is 68.1 Å². The molecule has 10 heteroatoms. The van der Waals surface area contributed by atoms with E-state index in [2.05, 4.69) is 0 Å². The monoisotopic (exact) mass is 232 g/mol. The molecule has 0 spiro atoms. The molecule has 0 saturated heterocycles. The van der Waals surface area contributed by atoms with Crippen LogP contribution in [0.25, 0.3) is 0 Å². The molecule has 0 aromatic heterocycles. The Morgan fingerprint density at radius 2 is 1.15 bits per heavy atom. The highest BCUT2D eigenvalue weighted by molar-refractivity contribution is 7.86. The zero-order valence-corrected chi connectivity index (χ0v) is 6.33. The van der Waals surface area contributed by atoms with Crippen molar-refractivity contribution in [2.24, 2.45) is 0 Å². The first-order valence-electron chi connectivity index (χ1n) is 2.46. The second kappa shape index (κ2) is 3.01. The molecular formula is C3H2F6O3S. The van der Waals surface area contributed by atoms with Crippen LogP contribution in [0.15, 0.2) is 0 Å². The van der Waals surface area contributed by atoms with Gasteiger partial charge in [-0.2, -0.15) is 34.8 Å². The molecule has 0 rings (SSSR count). The summed E-state index contributed by atoms with van der Waals surface area (Å²) < 4.78 is 95.9. The summed E-state index contributed by atoms with van der Waals surface area (Å²) in [5.74, 6) is 0. The largest absolute Gasteiger partial charge is 0.416 e. The Bertz CT molecular complexity index is 258. The van der Waals surface area contributed by atoms with Gasteiger partial charge in [-0.1, -0.05) is 0 Å². The predicted octanol–water partition coefficient (Wildman–Crippen LogP) is 1.37. The van der Waals surface area contributed by atoms with E-state index in [4.69, 9.17) is 4.55 Å². The van der Waals surface area contributed by atoms with Gasteiger partial charge >= 0.3 is 12.4 Å². The molecule has 13 heavy (non-hydrogen) atoms. The third kappa shape index (κ3) is 3.38. The van der Waals surface area contributed by atoms with Gasteiger partial charge in [0, 0.05) is 0 Å². The minimum absolute atomic E-state index is 4.74. The van der Waals surface area contributed by atoms with E-state index in [9.17, 15) is 34.8 Å². The fourth-order valence-electron chi connectivity index (χ4n) is 0.523. The fraction of sp³-hybridized carbons (Fsp3) is 1.00. The lowest BCUT2D eigenvalue weighted by atomic mass is 10.4. The fourth-order valence-corrected chi connectivity index (χ4v) is 1.20. The predicted molar refractivity (Wildman–Crippen MR) is 27.4 cm³/mol. The quantitative estimate of drug-likeness (QED) is 0.548. The van der Waals surface area contributed by atoms with Crippen molar-refractivity contribution >= 4 is 10.1 Å². The van der Waals surface area contributed by atoms with Crippen molar-refractivity contribution in [1.82, 2.24) is 0 Å². The van der Waals surface area contributed by atoms with Crippen molar-refractivity contribution in [2.75, 3.05) is 0 Å². The summed E-state index contributed by atoms with van der Waals surface area (Å²) >= 11 is 0. The smallest absolute Gasteiger partial charge is 0.285 e. The van der Waals surface area contributed by atoms with Gasteiger partial charge in [-0.05, 0) is 0 Å². The Morgan fingerprint density at radius 1 is 0.923 bits per heavy atom. The maximum atomic E-state index is 11.5. The molecule has 0 atom stereocenters. The minimum Gasteiger partial charge on any atom is -0.285 e. The molecule has 0 aliphatic rings. The van der Waals surface area contributed by atoms with Crippen LogP contribution in [0.2, 0.25) is 0 Å². The van der Waals surface area contributed by atoms with Crippen molar-refractivity contribution in [3.05, 3.63) is 0 Å². The summed E-state index contributed by atoms with van der Waals surface area (Å²) in [4.78, 5) is 0. The topological polar surface area (TPSA) is 54.4 Å². The molecule has 0 aromatic rings. The second-order valence-electron chi connectivity index (χ2n) is 1.98. The molecule has 1 N–H and O–H groups in total.